The van der Waals surface area contributed by atoms with Crippen LogP contribution in [-0.4, -0.2) is 0 Å². The molecule has 3 nitrogen and oxygen atoms in total. The van der Waals surface area contributed by atoms with Gasteiger partial charge in [-0.25, -0.2) is 4.39 Å². The quantitative estimate of drug-likeness (QED) is 0.604. The van der Waals surface area contributed by atoms with Gasteiger partial charge in [0.15, 0.2) is 0 Å². The van der Waals surface area contributed by atoms with Crippen LogP contribution < -0.4 is 5.73 Å². The first-order valence-electron chi connectivity index (χ1n) is 3.24. The van der Waals surface area contributed by atoms with E-state index >= 15 is 0 Å². The molecule has 0 saturated carbocycles. The van der Waals surface area contributed by atoms with Crippen molar-refractivity contribution in [3.63, 3.8) is 0 Å². The molecular formula is C7H6FN3. The third-order valence-electron chi connectivity index (χ3n) is 1.62. The van der Waals surface area contributed by atoms with Crippen LogP contribution in [0.3, 0.4) is 0 Å². The summed E-state index contributed by atoms with van der Waals surface area (Å²) in [6, 6.07) is 4.63. The van der Waals surface area contributed by atoms with Gasteiger partial charge in [0.1, 0.15) is 12.0 Å². The van der Waals surface area contributed by atoms with E-state index in [1.165, 1.54) is 6.07 Å². The highest BCUT2D eigenvalue weighted by Crippen LogP contribution is 2.33. The van der Waals surface area contributed by atoms with Crippen LogP contribution in [0.25, 0.3) is 0 Å². The predicted octanol–water partition coefficient (Wildman–Crippen LogP) is 1.88. The molecule has 0 spiro atoms. The van der Waals surface area contributed by atoms with Gasteiger partial charge in [-0.2, -0.15) is 10.2 Å². The van der Waals surface area contributed by atoms with Gasteiger partial charge in [0.05, 0.1) is 11.3 Å². The molecule has 0 saturated heterocycles. The number of azo groups is 1. The Hall–Kier alpha value is -1.29. The summed E-state index contributed by atoms with van der Waals surface area (Å²) in [4.78, 5) is 0. The van der Waals surface area contributed by atoms with Crippen LogP contribution in [0.2, 0.25) is 0 Å². The van der Waals surface area contributed by atoms with Gasteiger partial charge in [-0.15, -0.1) is 0 Å². The maximum absolute atomic E-state index is 12.9. The van der Waals surface area contributed by atoms with Crippen molar-refractivity contribution in [1.29, 1.82) is 0 Å². The lowest BCUT2D eigenvalue weighted by Gasteiger charge is -2.00. The molecule has 1 aliphatic heterocycles. The molecule has 1 aromatic rings. The maximum Gasteiger partial charge on any atom is 0.149 e. The average molecular weight is 151 g/mol. The van der Waals surface area contributed by atoms with E-state index in [1.807, 2.05) is 0 Å². The van der Waals surface area contributed by atoms with Crippen LogP contribution in [0, 0.1) is 5.82 Å². The summed E-state index contributed by atoms with van der Waals surface area (Å²) in [6.45, 7) is 0. The van der Waals surface area contributed by atoms with Crippen molar-refractivity contribution >= 4 is 5.69 Å². The van der Waals surface area contributed by atoms with Crippen LogP contribution in [0.4, 0.5) is 10.1 Å². The number of benzene rings is 1. The summed E-state index contributed by atoms with van der Waals surface area (Å²) in [6.07, 6.45) is -0.619. The smallest absolute Gasteiger partial charge is 0.149 e. The standard InChI is InChI=1S/C7H6FN3/c8-4-2-1-3-5-6(4)7(9)11-10-5/h1-3,7H,9H2/t7-/m1/s1. The Morgan fingerprint density at radius 2 is 2.27 bits per heavy atom. The lowest BCUT2D eigenvalue weighted by atomic mass is 10.1. The molecule has 56 valence electrons. The second-order valence-electron chi connectivity index (χ2n) is 2.33. The van der Waals surface area contributed by atoms with E-state index in [1.54, 1.807) is 12.1 Å². The fourth-order valence-corrected chi connectivity index (χ4v) is 1.09. The highest BCUT2D eigenvalue weighted by atomic mass is 19.1. The number of nitrogens with zero attached hydrogens (tertiary/aromatic N) is 2. The fourth-order valence-electron chi connectivity index (χ4n) is 1.09. The van der Waals surface area contributed by atoms with Crippen molar-refractivity contribution in [2.75, 3.05) is 0 Å². The summed E-state index contributed by atoms with van der Waals surface area (Å²) in [5.41, 5.74) is 6.38. The zero-order valence-corrected chi connectivity index (χ0v) is 5.66. The Labute approximate surface area is 62.7 Å². The lowest BCUT2D eigenvalue weighted by Crippen LogP contribution is -2.05. The number of rotatable bonds is 0. The third-order valence-corrected chi connectivity index (χ3v) is 1.62. The monoisotopic (exact) mass is 151 g/mol. The normalized spacial score (nSPS) is 20.4. The molecule has 1 aromatic carbocycles. The highest BCUT2D eigenvalue weighted by Gasteiger charge is 2.19. The maximum atomic E-state index is 12.9. The highest BCUT2D eigenvalue weighted by molar-refractivity contribution is 5.49. The van der Waals surface area contributed by atoms with Crippen LogP contribution in [0.15, 0.2) is 28.4 Å². The molecule has 0 aliphatic carbocycles. The largest absolute Gasteiger partial charge is 0.304 e. The molecule has 1 heterocycles. The van der Waals surface area contributed by atoms with Gasteiger partial charge in [-0.05, 0) is 12.1 Å². The van der Waals surface area contributed by atoms with Gasteiger partial charge in [-0.1, -0.05) is 6.07 Å². The van der Waals surface area contributed by atoms with E-state index < -0.39 is 6.17 Å². The lowest BCUT2D eigenvalue weighted by molar-refractivity contribution is 0.594. The predicted molar refractivity (Wildman–Crippen MR) is 37.8 cm³/mol. The van der Waals surface area contributed by atoms with Crippen LogP contribution in [0.1, 0.15) is 11.7 Å². The summed E-state index contributed by atoms with van der Waals surface area (Å²) in [5.74, 6) is -0.333. The summed E-state index contributed by atoms with van der Waals surface area (Å²) in [5, 5.41) is 7.33. The average Bonchev–Trinajstić information content (AvgIpc) is 2.34. The second-order valence-corrected chi connectivity index (χ2v) is 2.33. The Balaban J connectivity index is 2.65. The van der Waals surface area contributed by atoms with Gasteiger partial charge in [-0.3, -0.25) is 0 Å². The van der Waals surface area contributed by atoms with Gasteiger partial charge >= 0.3 is 0 Å². The molecule has 2 N–H and O–H groups in total. The number of hydrogen-bond acceptors (Lipinski definition) is 3. The van der Waals surface area contributed by atoms with E-state index in [-0.39, 0.29) is 5.82 Å². The number of halogens is 1. The molecule has 0 aromatic heterocycles. The zero-order chi connectivity index (χ0) is 7.84. The molecule has 0 unspecified atom stereocenters. The summed E-state index contributed by atoms with van der Waals surface area (Å²) >= 11 is 0. The minimum Gasteiger partial charge on any atom is -0.304 e. The first kappa shape index (κ1) is 6.42. The van der Waals surface area contributed by atoms with E-state index in [9.17, 15) is 4.39 Å². The van der Waals surface area contributed by atoms with Crippen molar-refractivity contribution in [1.82, 2.24) is 0 Å². The molecule has 1 aliphatic rings. The SMILES string of the molecule is N[C@@H]1N=Nc2cccc(F)c21. The van der Waals surface area contributed by atoms with Gasteiger partial charge in [0, 0.05) is 0 Å². The van der Waals surface area contributed by atoms with E-state index in [2.05, 4.69) is 10.2 Å². The van der Waals surface area contributed by atoms with Crippen molar-refractivity contribution in [2.45, 2.75) is 6.17 Å². The van der Waals surface area contributed by atoms with Gasteiger partial charge in [0.2, 0.25) is 0 Å². The van der Waals surface area contributed by atoms with E-state index in [0.29, 0.717) is 11.3 Å². The first-order chi connectivity index (χ1) is 5.29. The van der Waals surface area contributed by atoms with Crippen LogP contribution in [0.5, 0.6) is 0 Å². The van der Waals surface area contributed by atoms with Crippen LogP contribution >= 0.6 is 0 Å². The summed E-state index contributed by atoms with van der Waals surface area (Å²) < 4.78 is 12.9. The topological polar surface area (TPSA) is 50.7 Å². The van der Waals surface area contributed by atoms with Crippen molar-refractivity contribution < 1.29 is 4.39 Å². The first-order valence-corrected chi connectivity index (χ1v) is 3.24. The van der Waals surface area contributed by atoms with Gasteiger partial charge < -0.3 is 5.73 Å². The van der Waals surface area contributed by atoms with Crippen molar-refractivity contribution in [3.05, 3.63) is 29.6 Å². The van der Waals surface area contributed by atoms with E-state index in [0.717, 1.165) is 0 Å². The minimum absolute atomic E-state index is 0.333. The fraction of sp³-hybridized carbons (Fsp3) is 0.143. The Bertz CT molecular complexity index is 321. The molecular weight excluding hydrogens is 145 g/mol. The molecule has 2 rings (SSSR count). The molecule has 4 heteroatoms. The third kappa shape index (κ3) is 0.832. The molecule has 0 radical (unpaired) electrons. The zero-order valence-electron chi connectivity index (χ0n) is 5.66. The Morgan fingerprint density at radius 1 is 1.45 bits per heavy atom. The van der Waals surface area contributed by atoms with Gasteiger partial charge in [0.25, 0.3) is 0 Å². The molecule has 1 atom stereocenters. The molecule has 11 heavy (non-hydrogen) atoms. The second kappa shape index (κ2) is 2.10. The number of fused-ring (bicyclic) bond motifs is 1. The minimum atomic E-state index is -0.619. The Morgan fingerprint density at radius 3 is 3.00 bits per heavy atom. The number of nitrogens with two attached hydrogens (primary N) is 1. The molecule has 0 bridgehead atoms. The van der Waals surface area contributed by atoms with Crippen molar-refractivity contribution in [3.8, 4) is 0 Å². The number of hydrogen-bond donors (Lipinski definition) is 1. The Kier molecular flexibility index (Phi) is 1.22. The van der Waals surface area contributed by atoms with Crippen LogP contribution in [-0.2, 0) is 0 Å². The molecule has 0 fully saturated rings. The molecule has 0 amide bonds. The van der Waals surface area contributed by atoms with Crippen molar-refractivity contribution in [2.24, 2.45) is 16.0 Å². The van der Waals surface area contributed by atoms with E-state index in [4.69, 9.17) is 5.73 Å². The summed E-state index contributed by atoms with van der Waals surface area (Å²) in [7, 11) is 0.